The first kappa shape index (κ1) is 23.5. The first-order valence-electron chi connectivity index (χ1n) is 10.4. The van der Waals surface area contributed by atoms with Gasteiger partial charge in [-0.1, -0.05) is 66.7 Å². The number of hydrogen-bond acceptors (Lipinski definition) is 5. The second-order valence-corrected chi connectivity index (χ2v) is 10.3. The number of benzene rings is 3. The van der Waals surface area contributed by atoms with Crippen molar-refractivity contribution in [1.29, 1.82) is 0 Å². The van der Waals surface area contributed by atoms with E-state index in [1.165, 1.54) is 6.92 Å². The quantitative estimate of drug-likeness (QED) is 0.283. The van der Waals surface area contributed by atoms with Gasteiger partial charge in [0, 0.05) is 28.7 Å². The Morgan fingerprint density at radius 2 is 1.34 bits per heavy atom. The molecule has 6 heteroatoms. The van der Waals surface area contributed by atoms with Gasteiger partial charge >= 0.3 is 5.97 Å². The van der Waals surface area contributed by atoms with Crippen LogP contribution in [-0.2, 0) is 14.1 Å². The van der Waals surface area contributed by atoms with E-state index in [0.29, 0.717) is 27.5 Å². The zero-order valence-electron chi connectivity index (χ0n) is 18.8. The molecule has 0 bridgehead atoms. The Hall–Kier alpha value is -3.17. The molecule has 0 saturated heterocycles. The molecule has 0 aromatic heterocycles. The van der Waals surface area contributed by atoms with Crippen LogP contribution in [0.25, 0.3) is 0 Å². The van der Waals surface area contributed by atoms with Gasteiger partial charge in [-0.05, 0) is 31.9 Å². The summed E-state index contributed by atoms with van der Waals surface area (Å²) in [5.41, 5.74) is 2.20. The standard InChI is InChI=1S/C26H27O5P/c1-18-17-19(2)25(31-16-15-30-21(4)27)20(3)24(18)26(28)32(29,22-11-7-5-8-12-22)23-13-9-6-10-14-23/h5-14,17H,15-16H2,1-4H3. The van der Waals surface area contributed by atoms with Gasteiger partial charge in [0.25, 0.3) is 0 Å². The van der Waals surface area contributed by atoms with Crippen molar-refractivity contribution >= 4 is 29.2 Å². The molecule has 0 spiro atoms. The maximum Gasteiger partial charge on any atom is 0.302 e. The molecule has 3 aromatic rings. The minimum atomic E-state index is -3.63. The lowest BCUT2D eigenvalue weighted by Gasteiger charge is -2.22. The predicted octanol–water partition coefficient (Wildman–Crippen LogP) is 4.71. The first-order valence-corrected chi connectivity index (χ1v) is 12.1. The predicted molar refractivity (Wildman–Crippen MR) is 127 cm³/mol. The summed E-state index contributed by atoms with van der Waals surface area (Å²) >= 11 is 0. The van der Waals surface area contributed by atoms with E-state index in [1.54, 1.807) is 55.5 Å². The lowest BCUT2D eigenvalue weighted by Crippen LogP contribution is -2.24. The molecule has 0 atom stereocenters. The molecule has 0 radical (unpaired) electrons. The number of hydrogen-bond donors (Lipinski definition) is 0. The van der Waals surface area contributed by atoms with Crippen molar-refractivity contribution < 1.29 is 23.6 Å². The molecular weight excluding hydrogens is 423 g/mol. The minimum Gasteiger partial charge on any atom is -0.489 e. The van der Waals surface area contributed by atoms with E-state index in [2.05, 4.69) is 0 Å². The SMILES string of the molecule is CC(=O)OCCOc1c(C)cc(C)c(C(=O)P(=O)(c2ccccc2)c2ccccc2)c1C. The van der Waals surface area contributed by atoms with Crippen LogP contribution in [0.4, 0.5) is 0 Å². The van der Waals surface area contributed by atoms with Crippen molar-refractivity contribution in [3.63, 3.8) is 0 Å². The Morgan fingerprint density at radius 1 is 0.812 bits per heavy atom. The molecular formula is C26H27O5P. The molecule has 32 heavy (non-hydrogen) atoms. The van der Waals surface area contributed by atoms with Gasteiger partial charge in [0.15, 0.2) is 0 Å². The van der Waals surface area contributed by atoms with Crippen LogP contribution in [0.1, 0.15) is 34.0 Å². The Labute approximate surface area is 188 Å². The van der Waals surface area contributed by atoms with Gasteiger partial charge in [-0.3, -0.25) is 9.59 Å². The Morgan fingerprint density at radius 3 is 1.84 bits per heavy atom. The summed E-state index contributed by atoms with van der Waals surface area (Å²) in [5.74, 6) is 0.159. The highest BCUT2D eigenvalue weighted by Crippen LogP contribution is 2.48. The smallest absolute Gasteiger partial charge is 0.302 e. The average molecular weight is 450 g/mol. The minimum absolute atomic E-state index is 0.109. The van der Waals surface area contributed by atoms with Crippen molar-refractivity contribution in [1.82, 2.24) is 0 Å². The number of carbonyl (C=O) groups is 2. The van der Waals surface area contributed by atoms with E-state index in [9.17, 15) is 14.2 Å². The van der Waals surface area contributed by atoms with Gasteiger partial charge in [0.2, 0.25) is 12.7 Å². The normalized spacial score (nSPS) is 11.1. The highest BCUT2D eigenvalue weighted by molar-refractivity contribution is 7.93. The largest absolute Gasteiger partial charge is 0.489 e. The highest BCUT2D eigenvalue weighted by atomic mass is 31.2. The third-order valence-electron chi connectivity index (χ3n) is 5.28. The Balaban J connectivity index is 2.10. The van der Waals surface area contributed by atoms with Gasteiger partial charge in [-0.15, -0.1) is 0 Å². The first-order chi connectivity index (χ1) is 15.3. The van der Waals surface area contributed by atoms with Crippen LogP contribution in [0.2, 0.25) is 0 Å². The van der Waals surface area contributed by atoms with Crippen molar-refractivity contribution in [3.05, 3.63) is 89.0 Å². The molecule has 0 aliphatic heterocycles. The van der Waals surface area contributed by atoms with Crippen molar-refractivity contribution in [3.8, 4) is 5.75 Å². The number of esters is 1. The maximum atomic E-state index is 14.5. The lowest BCUT2D eigenvalue weighted by molar-refractivity contribution is -0.141. The van der Waals surface area contributed by atoms with Crippen LogP contribution in [0.5, 0.6) is 5.75 Å². The fraction of sp³-hybridized carbons (Fsp3) is 0.231. The summed E-state index contributed by atoms with van der Waals surface area (Å²) in [4.78, 5) is 25.0. The van der Waals surface area contributed by atoms with Gasteiger partial charge in [-0.25, -0.2) is 0 Å². The number of ether oxygens (including phenoxy) is 2. The number of rotatable bonds is 8. The average Bonchev–Trinajstić information content (AvgIpc) is 2.78. The lowest BCUT2D eigenvalue weighted by atomic mass is 9.99. The van der Waals surface area contributed by atoms with Crippen LogP contribution in [0.3, 0.4) is 0 Å². The Kier molecular flexibility index (Phi) is 7.32. The van der Waals surface area contributed by atoms with Gasteiger partial charge in [0.05, 0.1) is 0 Å². The maximum absolute atomic E-state index is 14.5. The second kappa shape index (κ2) is 9.97. The van der Waals surface area contributed by atoms with E-state index in [0.717, 1.165) is 11.1 Å². The molecule has 0 amide bonds. The molecule has 0 aliphatic rings. The second-order valence-electron chi connectivity index (χ2n) is 7.61. The third-order valence-corrected chi connectivity index (χ3v) is 8.12. The van der Waals surface area contributed by atoms with Crippen molar-refractivity contribution in [2.24, 2.45) is 0 Å². The van der Waals surface area contributed by atoms with Gasteiger partial charge in [0.1, 0.15) is 19.0 Å². The van der Waals surface area contributed by atoms with Crippen LogP contribution in [-0.4, -0.2) is 24.7 Å². The third kappa shape index (κ3) is 4.68. The van der Waals surface area contributed by atoms with Crippen LogP contribution in [0.15, 0.2) is 66.7 Å². The molecule has 0 N–H and O–H groups in total. The molecule has 0 unspecified atom stereocenters. The monoisotopic (exact) mass is 450 g/mol. The molecule has 3 rings (SSSR count). The topological polar surface area (TPSA) is 69.7 Å². The summed E-state index contributed by atoms with van der Waals surface area (Å²) in [6.45, 7) is 7.14. The highest BCUT2D eigenvalue weighted by Gasteiger charge is 2.38. The zero-order valence-corrected chi connectivity index (χ0v) is 19.6. The van der Waals surface area contributed by atoms with Crippen LogP contribution in [0, 0.1) is 20.8 Å². The summed E-state index contributed by atoms with van der Waals surface area (Å²) < 4.78 is 25.3. The summed E-state index contributed by atoms with van der Waals surface area (Å²) in [6, 6.07) is 19.6. The molecule has 0 heterocycles. The summed E-state index contributed by atoms with van der Waals surface area (Å²) in [7, 11) is -3.63. The van der Waals surface area contributed by atoms with E-state index in [4.69, 9.17) is 9.47 Å². The van der Waals surface area contributed by atoms with E-state index in [-0.39, 0.29) is 19.2 Å². The molecule has 0 aliphatic carbocycles. The van der Waals surface area contributed by atoms with Gasteiger partial charge in [-0.2, -0.15) is 0 Å². The van der Waals surface area contributed by atoms with E-state index >= 15 is 0 Å². The molecule has 5 nitrogen and oxygen atoms in total. The van der Waals surface area contributed by atoms with Crippen LogP contribution >= 0.6 is 7.14 Å². The van der Waals surface area contributed by atoms with E-state index in [1.807, 2.05) is 32.0 Å². The summed E-state index contributed by atoms with van der Waals surface area (Å²) in [6.07, 6.45) is 0. The number of aryl methyl sites for hydroxylation is 2. The molecule has 3 aromatic carbocycles. The zero-order chi connectivity index (χ0) is 23.3. The van der Waals surface area contributed by atoms with Gasteiger partial charge < -0.3 is 14.0 Å². The summed E-state index contributed by atoms with van der Waals surface area (Å²) in [5, 5.41) is 0.987. The van der Waals surface area contributed by atoms with Crippen molar-refractivity contribution in [2.75, 3.05) is 13.2 Å². The Bertz CT molecular complexity index is 1130. The van der Waals surface area contributed by atoms with Crippen molar-refractivity contribution in [2.45, 2.75) is 27.7 Å². The van der Waals surface area contributed by atoms with Crippen LogP contribution < -0.4 is 15.3 Å². The fourth-order valence-corrected chi connectivity index (χ4v) is 6.47. The van der Waals surface area contributed by atoms with E-state index < -0.39 is 12.7 Å². The molecule has 0 fully saturated rings. The number of carbonyl (C=O) groups excluding carboxylic acids is 2. The fourth-order valence-electron chi connectivity index (χ4n) is 3.86. The molecule has 0 saturated carbocycles. The molecule has 166 valence electrons.